The van der Waals surface area contributed by atoms with Gasteiger partial charge >= 0.3 is 0 Å². The maximum atomic E-state index is 13.9. The number of carbonyl (C=O) groups excluding carboxylic acids is 1. The summed E-state index contributed by atoms with van der Waals surface area (Å²) < 4.78 is 13.9. The van der Waals surface area contributed by atoms with E-state index in [1.165, 1.54) is 6.07 Å². The van der Waals surface area contributed by atoms with Crippen LogP contribution in [0.4, 0.5) is 21.7 Å². The Morgan fingerprint density at radius 1 is 1.13 bits per heavy atom. The highest BCUT2D eigenvalue weighted by atomic mass is 19.1. The molecule has 1 saturated heterocycles. The lowest BCUT2D eigenvalue weighted by Gasteiger charge is -2.32. The van der Waals surface area contributed by atoms with E-state index in [1.54, 1.807) is 24.4 Å². The molecule has 1 atom stereocenters. The number of amides is 1. The van der Waals surface area contributed by atoms with Gasteiger partial charge in [-0.1, -0.05) is 12.1 Å². The topological polar surface area (TPSA) is 61.4 Å². The second kappa shape index (κ2) is 9.12. The summed E-state index contributed by atoms with van der Waals surface area (Å²) >= 11 is 0. The van der Waals surface area contributed by atoms with Crippen LogP contribution in [0.2, 0.25) is 0 Å². The first kappa shape index (κ1) is 20.8. The molecule has 2 aromatic carbocycles. The number of hydrogen-bond donors (Lipinski definition) is 1. The third-order valence-electron chi connectivity index (χ3n) is 5.55. The monoisotopic (exact) mass is 419 g/mol. The molecular weight excluding hydrogens is 393 g/mol. The van der Waals surface area contributed by atoms with Gasteiger partial charge in [-0.2, -0.15) is 0 Å². The van der Waals surface area contributed by atoms with Crippen molar-refractivity contribution in [3.8, 4) is 0 Å². The molecule has 160 valence electrons. The number of nitrogens with zero attached hydrogens (tertiary/aromatic N) is 4. The smallest absolute Gasteiger partial charge is 0.253 e. The normalized spacial score (nSPS) is 16.1. The summed E-state index contributed by atoms with van der Waals surface area (Å²) in [5, 5.41) is 2.94. The molecule has 4 rings (SSSR count). The van der Waals surface area contributed by atoms with E-state index in [-0.39, 0.29) is 17.6 Å². The van der Waals surface area contributed by atoms with Crippen molar-refractivity contribution in [3.05, 3.63) is 77.9 Å². The number of para-hydroxylation sites is 1. The second-order valence-corrected chi connectivity index (χ2v) is 7.94. The summed E-state index contributed by atoms with van der Waals surface area (Å²) in [6.45, 7) is 1.33. The molecule has 1 N–H and O–H groups in total. The van der Waals surface area contributed by atoms with Crippen molar-refractivity contribution >= 4 is 23.2 Å². The number of aromatic nitrogens is 2. The van der Waals surface area contributed by atoms with E-state index in [0.717, 1.165) is 30.8 Å². The molecule has 1 aliphatic heterocycles. The number of nitrogens with one attached hydrogen (secondary N) is 1. The predicted octanol–water partition coefficient (Wildman–Crippen LogP) is 4.45. The van der Waals surface area contributed by atoms with E-state index in [2.05, 4.69) is 15.3 Å². The molecule has 0 unspecified atom stereocenters. The molecule has 31 heavy (non-hydrogen) atoms. The van der Waals surface area contributed by atoms with E-state index in [1.807, 2.05) is 54.2 Å². The first-order valence-electron chi connectivity index (χ1n) is 10.4. The Labute approximate surface area is 181 Å². The van der Waals surface area contributed by atoms with E-state index >= 15 is 0 Å². The van der Waals surface area contributed by atoms with Gasteiger partial charge in [0.15, 0.2) is 0 Å². The molecule has 6 nitrogen and oxygen atoms in total. The van der Waals surface area contributed by atoms with Gasteiger partial charge in [0.1, 0.15) is 5.82 Å². The quantitative estimate of drug-likeness (QED) is 0.662. The van der Waals surface area contributed by atoms with Crippen LogP contribution in [0.5, 0.6) is 0 Å². The van der Waals surface area contributed by atoms with Gasteiger partial charge in [0.25, 0.3) is 5.91 Å². The molecule has 1 aromatic heterocycles. The van der Waals surface area contributed by atoms with Gasteiger partial charge in [-0.15, -0.1) is 0 Å². The minimum absolute atomic E-state index is 0.0359. The summed E-state index contributed by atoms with van der Waals surface area (Å²) in [4.78, 5) is 25.7. The van der Waals surface area contributed by atoms with Crippen molar-refractivity contribution in [2.45, 2.75) is 18.8 Å². The van der Waals surface area contributed by atoms with Gasteiger partial charge in [0.2, 0.25) is 5.95 Å². The van der Waals surface area contributed by atoms with Crippen LogP contribution in [0.25, 0.3) is 0 Å². The Morgan fingerprint density at radius 3 is 2.65 bits per heavy atom. The van der Waals surface area contributed by atoms with E-state index < -0.39 is 0 Å². The minimum Gasteiger partial charge on any atom is -0.378 e. The third-order valence-corrected chi connectivity index (χ3v) is 5.55. The maximum absolute atomic E-state index is 13.9. The lowest BCUT2D eigenvalue weighted by Crippen LogP contribution is -2.39. The molecule has 0 bridgehead atoms. The van der Waals surface area contributed by atoms with Crippen LogP contribution in [-0.4, -0.2) is 48.0 Å². The molecule has 7 heteroatoms. The van der Waals surface area contributed by atoms with Crippen molar-refractivity contribution in [3.63, 3.8) is 0 Å². The van der Waals surface area contributed by atoms with Crippen LogP contribution in [0.15, 0.2) is 60.8 Å². The van der Waals surface area contributed by atoms with Crippen LogP contribution in [-0.2, 0) is 0 Å². The number of rotatable bonds is 5. The zero-order valence-corrected chi connectivity index (χ0v) is 17.8. The maximum Gasteiger partial charge on any atom is 0.253 e. The number of likely N-dealkylation sites (tertiary alicyclic amines) is 1. The molecule has 0 spiro atoms. The predicted molar refractivity (Wildman–Crippen MR) is 120 cm³/mol. The van der Waals surface area contributed by atoms with Crippen LogP contribution in [0.3, 0.4) is 0 Å². The Hall–Kier alpha value is -3.48. The van der Waals surface area contributed by atoms with E-state index in [0.29, 0.717) is 23.7 Å². The number of piperidine rings is 1. The summed E-state index contributed by atoms with van der Waals surface area (Å²) in [6, 6.07) is 16.0. The first-order chi connectivity index (χ1) is 15.0. The van der Waals surface area contributed by atoms with Crippen molar-refractivity contribution < 1.29 is 9.18 Å². The Bertz CT molecular complexity index is 1050. The fraction of sp³-hybridized carbons (Fsp3) is 0.292. The molecule has 1 amide bonds. The molecule has 0 saturated carbocycles. The average Bonchev–Trinajstić information content (AvgIpc) is 2.80. The van der Waals surface area contributed by atoms with Crippen molar-refractivity contribution in [2.24, 2.45) is 0 Å². The minimum atomic E-state index is -0.355. The summed E-state index contributed by atoms with van der Waals surface area (Å²) in [5.41, 5.74) is 2.94. The molecule has 0 aliphatic carbocycles. The van der Waals surface area contributed by atoms with Crippen LogP contribution < -0.4 is 10.2 Å². The van der Waals surface area contributed by atoms with E-state index in [9.17, 15) is 9.18 Å². The number of benzene rings is 2. The fourth-order valence-corrected chi connectivity index (χ4v) is 3.83. The third kappa shape index (κ3) is 4.82. The molecule has 1 aliphatic rings. The van der Waals surface area contributed by atoms with Crippen molar-refractivity contribution in [2.75, 3.05) is 37.4 Å². The van der Waals surface area contributed by atoms with Crippen molar-refractivity contribution in [1.29, 1.82) is 0 Å². The molecule has 3 aromatic rings. The second-order valence-electron chi connectivity index (χ2n) is 7.94. The standard InChI is InChI=1S/C24H26FN5O/c1-29(2)19-11-9-17(10-12-19)23(31)30-15-5-6-18(16-30)21-13-14-26-24(27-21)28-22-8-4-3-7-20(22)25/h3-4,7-14,18H,5-6,15-16H2,1-2H3,(H,26,27,28)/t18-/m1/s1. The zero-order valence-electron chi connectivity index (χ0n) is 17.8. The Balaban J connectivity index is 1.47. The Morgan fingerprint density at radius 2 is 1.90 bits per heavy atom. The lowest BCUT2D eigenvalue weighted by atomic mass is 9.94. The number of halogens is 1. The fourth-order valence-electron chi connectivity index (χ4n) is 3.83. The summed E-state index contributed by atoms with van der Waals surface area (Å²) in [6.07, 6.45) is 3.53. The first-order valence-corrected chi connectivity index (χ1v) is 10.4. The van der Waals surface area contributed by atoms with Gasteiger partial charge in [-0.05, 0) is 55.3 Å². The largest absolute Gasteiger partial charge is 0.378 e. The van der Waals surface area contributed by atoms with Gasteiger partial charge in [-0.25, -0.2) is 14.4 Å². The van der Waals surface area contributed by atoms with Crippen molar-refractivity contribution in [1.82, 2.24) is 14.9 Å². The highest BCUT2D eigenvalue weighted by Crippen LogP contribution is 2.28. The number of anilines is 3. The Kier molecular flexibility index (Phi) is 6.11. The van der Waals surface area contributed by atoms with Gasteiger partial charge in [0, 0.05) is 50.6 Å². The molecule has 0 radical (unpaired) electrons. The van der Waals surface area contributed by atoms with Gasteiger partial charge in [0.05, 0.1) is 11.4 Å². The number of carbonyl (C=O) groups is 1. The summed E-state index contributed by atoms with van der Waals surface area (Å²) in [7, 11) is 3.95. The zero-order chi connectivity index (χ0) is 21.8. The van der Waals surface area contributed by atoms with Crippen LogP contribution in [0, 0.1) is 5.82 Å². The van der Waals surface area contributed by atoms with Crippen LogP contribution >= 0.6 is 0 Å². The SMILES string of the molecule is CN(C)c1ccc(C(=O)N2CCC[C@@H](c3ccnc(Nc4ccccc4F)n3)C2)cc1. The molecule has 1 fully saturated rings. The van der Waals surface area contributed by atoms with Gasteiger partial charge < -0.3 is 15.1 Å². The molecule has 2 heterocycles. The van der Waals surface area contributed by atoms with Crippen LogP contribution in [0.1, 0.15) is 34.8 Å². The van der Waals surface area contributed by atoms with Gasteiger partial charge in [-0.3, -0.25) is 4.79 Å². The lowest BCUT2D eigenvalue weighted by molar-refractivity contribution is 0.0706. The highest BCUT2D eigenvalue weighted by Gasteiger charge is 2.26. The summed E-state index contributed by atoms with van der Waals surface area (Å²) in [5.74, 6) is 0.147. The molecular formula is C24H26FN5O. The van der Waals surface area contributed by atoms with E-state index in [4.69, 9.17) is 0 Å². The average molecular weight is 420 g/mol. The highest BCUT2D eigenvalue weighted by molar-refractivity contribution is 5.94. The number of hydrogen-bond acceptors (Lipinski definition) is 5.